The molecule has 12 nitrogen and oxygen atoms in total. The first-order valence-electron chi connectivity index (χ1n) is 18.9. The molecule has 5 rings (SSSR count). The van der Waals surface area contributed by atoms with Gasteiger partial charge in [0.2, 0.25) is 11.7 Å². The lowest BCUT2D eigenvalue weighted by Crippen LogP contribution is -2.66. The largest absolute Gasteiger partial charge is 0.493 e. The minimum atomic E-state index is -1.73. The molecule has 3 aromatic carbocycles. The number of morpholine rings is 1. The van der Waals surface area contributed by atoms with Crippen LogP contribution >= 0.6 is 0 Å². The number of carboxylic acid groups (broad SMARTS) is 1. The number of methoxy groups -OCH3 is 5. The number of carbonyl (C=O) groups excluding carboxylic acids is 1. The topological polar surface area (TPSA) is 125 Å². The van der Waals surface area contributed by atoms with Gasteiger partial charge in [-0.05, 0) is 78.8 Å². The smallest absolute Gasteiger partial charge is 0.330 e. The third-order valence-corrected chi connectivity index (χ3v) is 11.0. The zero-order chi connectivity index (χ0) is 39.5. The van der Waals surface area contributed by atoms with Gasteiger partial charge in [-0.1, -0.05) is 31.2 Å². The van der Waals surface area contributed by atoms with Gasteiger partial charge in [0.1, 0.15) is 12.4 Å². The number of carbonyl (C=O) groups is 2. The number of carboxylic acids is 1. The number of rotatable bonds is 18. The summed E-state index contributed by atoms with van der Waals surface area (Å²) in [4.78, 5) is 33.8. The molecule has 2 fully saturated rings. The molecule has 1 N–H and O–H groups in total. The minimum absolute atomic E-state index is 0.235. The van der Waals surface area contributed by atoms with Crippen molar-refractivity contribution in [3.05, 3.63) is 83.9 Å². The summed E-state index contributed by atoms with van der Waals surface area (Å²) in [5, 5.41) is 11.8. The van der Waals surface area contributed by atoms with Crippen LogP contribution in [0.5, 0.6) is 34.5 Å². The molecule has 298 valence electrons. The van der Waals surface area contributed by atoms with Crippen LogP contribution in [0, 0.1) is 0 Å². The van der Waals surface area contributed by atoms with Crippen molar-refractivity contribution in [2.24, 2.45) is 0 Å². The van der Waals surface area contributed by atoms with Crippen molar-refractivity contribution in [1.82, 2.24) is 9.80 Å². The molecule has 55 heavy (non-hydrogen) atoms. The van der Waals surface area contributed by atoms with Gasteiger partial charge >= 0.3 is 5.97 Å². The molecule has 2 aliphatic heterocycles. The Morgan fingerprint density at radius 2 is 1.58 bits per heavy atom. The third-order valence-electron chi connectivity index (χ3n) is 11.0. The van der Waals surface area contributed by atoms with Gasteiger partial charge in [-0.2, -0.15) is 0 Å². The Balaban J connectivity index is 1.66. The Morgan fingerprint density at radius 3 is 2.18 bits per heavy atom. The van der Waals surface area contributed by atoms with Gasteiger partial charge in [-0.3, -0.25) is 9.69 Å². The minimum Gasteiger partial charge on any atom is -0.493 e. The molecular formula is C43H56N2O10. The van der Waals surface area contributed by atoms with Crippen molar-refractivity contribution in [2.45, 2.75) is 55.9 Å². The lowest BCUT2D eigenvalue weighted by Gasteiger charge is -2.54. The van der Waals surface area contributed by atoms with Crippen LogP contribution in [0.1, 0.15) is 67.1 Å². The summed E-state index contributed by atoms with van der Waals surface area (Å²) >= 11 is 0. The zero-order valence-corrected chi connectivity index (χ0v) is 33.0. The molecule has 1 unspecified atom stereocenters. The van der Waals surface area contributed by atoms with Gasteiger partial charge in [0, 0.05) is 38.0 Å². The average Bonchev–Trinajstić information content (AvgIpc) is 3.22. The van der Waals surface area contributed by atoms with Crippen LogP contribution in [-0.4, -0.2) is 114 Å². The highest BCUT2D eigenvalue weighted by molar-refractivity contribution is 5.93. The molecule has 2 heterocycles. The SMILES string of the molecule is C=CC[C@H](C(=O)N1CCC[C@H](c2ccc(OC)c(OC)c2)[C@]1(C(=O)O)C(CC)c1cccc(OCCN2CCOCC2)c1)c1cc(OC)c(OC)c(OC)c1. The summed E-state index contributed by atoms with van der Waals surface area (Å²) < 4.78 is 39.9. The highest BCUT2D eigenvalue weighted by Gasteiger charge is 2.60. The van der Waals surface area contributed by atoms with Crippen LogP contribution in [0.3, 0.4) is 0 Å². The lowest BCUT2D eigenvalue weighted by molar-refractivity contribution is -0.168. The normalized spacial score (nSPS) is 19.8. The number of likely N-dealkylation sites (tertiary alicyclic amines) is 1. The van der Waals surface area contributed by atoms with E-state index in [0.717, 1.165) is 30.8 Å². The molecule has 2 aliphatic rings. The van der Waals surface area contributed by atoms with E-state index >= 15 is 4.79 Å². The van der Waals surface area contributed by atoms with Crippen molar-refractivity contribution in [3.8, 4) is 34.5 Å². The van der Waals surface area contributed by atoms with Crippen LogP contribution in [0.2, 0.25) is 0 Å². The fourth-order valence-electron chi connectivity index (χ4n) is 8.45. The predicted molar refractivity (Wildman–Crippen MR) is 209 cm³/mol. The first-order valence-corrected chi connectivity index (χ1v) is 18.9. The maximum absolute atomic E-state index is 15.4. The van der Waals surface area contributed by atoms with Gasteiger partial charge in [0.15, 0.2) is 28.5 Å². The van der Waals surface area contributed by atoms with Crippen molar-refractivity contribution in [3.63, 3.8) is 0 Å². The number of amides is 1. The van der Waals surface area contributed by atoms with Crippen LogP contribution in [0.15, 0.2) is 67.3 Å². The van der Waals surface area contributed by atoms with Crippen molar-refractivity contribution >= 4 is 11.9 Å². The number of aliphatic carboxylic acids is 1. The van der Waals surface area contributed by atoms with Crippen molar-refractivity contribution < 1.29 is 47.9 Å². The molecule has 2 saturated heterocycles. The molecule has 0 aromatic heterocycles. The highest BCUT2D eigenvalue weighted by Crippen LogP contribution is 2.53. The Morgan fingerprint density at radius 1 is 0.891 bits per heavy atom. The first-order chi connectivity index (χ1) is 26.7. The summed E-state index contributed by atoms with van der Waals surface area (Å²) in [6, 6.07) is 16.7. The van der Waals surface area contributed by atoms with Crippen LogP contribution in [-0.2, 0) is 14.3 Å². The summed E-state index contributed by atoms with van der Waals surface area (Å²) in [5.41, 5.74) is 0.375. The van der Waals surface area contributed by atoms with Gasteiger partial charge < -0.3 is 43.2 Å². The molecule has 0 radical (unpaired) electrons. The molecule has 0 spiro atoms. The van der Waals surface area contributed by atoms with E-state index in [9.17, 15) is 9.90 Å². The van der Waals surface area contributed by atoms with E-state index in [1.165, 1.54) is 21.3 Å². The second-order valence-electron chi connectivity index (χ2n) is 13.8. The monoisotopic (exact) mass is 760 g/mol. The van der Waals surface area contributed by atoms with E-state index in [1.807, 2.05) is 43.3 Å². The van der Waals surface area contributed by atoms with Crippen LogP contribution in [0.4, 0.5) is 0 Å². The number of ether oxygens (including phenoxy) is 7. The van der Waals surface area contributed by atoms with Gasteiger partial charge in [-0.15, -0.1) is 6.58 Å². The maximum atomic E-state index is 15.4. The molecule has 0 saturated carbocycles. The Kier molecular flexibility index (Phi) is 14.3. The summed E-state index contributed by atoms with van der Waals surface area (Å²) in [6.45, 7) is 10.5. The molecule has 12 heteroatoms. The van der Waals surface area contributed by atoms with Gasteiger partial charge in [0.05, 0.1) is 54.7 Å². The summed E-state index contributed by atoms with van der Waals surface area (Å²) in [5.74, 6) is -0.670. The lowest BCUT2D eigenvalue weighted by atomic mass is 9.62. The molecular weight excluding hydrogens is 704 g/mol. The van der Waals surface area contributed by atoms with Crippen molar-refractivity contribution in [2.75, 3.05) is 81.5 Å². The fourth-order valence-corrected chi connectivity index (χ4v) is 8.45. The zero-order valence-electron chi connectivity index (χ0n) is 33.0. The molecule has 3 aromatic rings. The number of benzene rings is 3. The highest BCUT2D eigenvalue weighted by atomic mass is 16.5. The first kappa shape index (κ1) is 41.2. The number of piperidine rings is 1. The van der Waals surface area contributed by atoms with Gasteiger partial charge in [0.25, 0.3) is 0 Å². The second-order valence-corrected chi connectivity index (χ2v) is 13.8. The molecule has 4 atom stereocenters. The Hall–Kier alpha value is -4.94. The average molecular weight is 761 g/mol. The van der Waals surface area contributed by atoms with Crippen LogP contribution < -0.4 is 28.4 Å². The number of nitrogens with zero attached hydrogens (tertiary/aromatic N) is 2. The van der Waals surface area contributed by atoms with E-state index in [2.05, 4.69) is 11.5 Å². The van der Waals surface area contributed by atoms with E-state index in [-0.39, 0.29) is 18.9 Å². The van der Waals surface area contributed by atoms with E-state index < -0.39 is 29.3 Å². The second kappa shape index (κ2) is 19.1. The molecule has 0 aliphatic carbocycles. The Labute approximate surface area is 324 Å². The van der Waals surface area contributed by atoms with Gasteiger partial charge in [-0.25, -0.2) is 4.79 Å². The predicted octanol–water partition coefficient (Wildman–Crippen LogP) is 6.52. The van der Waals surface area contributed by atoms with E-state index in [0.29, 0.717) is 79.1 Å². The van der Waals surface area contributed by atoms with E-state index in [1.54, 1.807) is 43.4 Å². The maximum Gasteiger partial charge on any atom is 0.330 e. The summed E-state index contributed by atoms with van der Waals surface area (Å²) in [6.07, 6.45) is 3.45. The number of hydrogen-bond donors (Lipinski definition) is 1. The standard InChI is InChI=1S/C43H56N2O10/c1-8-12-33(31-27-38(51-5)40(53-7)39(28-31)52-6)41(46)45-18-11-15-35(30-16-17-36(49-3)37(26-30)50-4)43(45,42(47)48)34(9-2)29-13-10-14-32(25-29)55-24-21-44-19-22-54-23-20-44/h8,10,13-14,16-17,25-28,33-35H,1,9,11-12,15,18-24H2,2-7H3,(H,47,48)/t33-,34?,35+,43-/m0/s1. The fraction of sp³-hybridized carbons (Fsp3) is 0.488. The third kappa shape index (κ3) is 8.50. The van der Waals surface area contributed by atoms with Crippen molar-refractivity contribution in [1.29, 1.82) is 0 Å². The summed E-state index contributed by atoms with van der Waals surface area (Å²) in [7, 11) is 7.67. The van der Waals surface area contributed by atoms with Crippen LogP contribution in [0.25, 0.3) is 0 Å². The molecule has 1 amide bonds. The number of hydrogen-bond acceptors (Lipinski definition) is 10. The molecule has 0 bridgehead atoms. The number of allylic oxidation sites excluding steroid dienone is 1. The van der Waals surface area contributed by atoms with E-state index in [4.69, 9.17) is 33.2 Å². The quantitative estimate of drug-likeness (QED) is 0.143. The Bertz CT molecular complexity index is 1750.